The van der Waals surface area contributed by atoms with Crippen LogP contribution in [0.25, 0.3) is 0 Å². The van der Waals surface area contributed by atoms with Gasteiger partial charge in [-0.25, -0.2) is 4.98 Å². The van der Waals surface area contributed by atoms with Gasteiger partial charge in [0.2, 0.25) is 0 Å². The third-order valence-electron chi connectivity index (χ3n) is 4.37. The van der Waals surface area contributed by atoms with E-state index in [2.05, 4.69) is 4.98 Å². The first-order valence-electron chi connectivity index (χ1n) is 8.15. The molecule has 0 bridgehead atoms. The van der Waals surface area contributed by atoms with E-state index in [1.165, 1.54) is 8.61 Å². The summed E-state index contributed by atoms with van der Waals surface area (Å²) in [6.45, 7) is 0.887. The van der Waals surface area contributed by atoms with Crippen molar-refractivity contribution in [3.8, 4) is 5.75 Å². The number of methoxy groups -OCH3 is 1. The molecule has 8 heteroatoms. The monoisotopic (exact) mass is 365 g/mol. The van der Waals surface area contributed by atoms with Crippen molar-refractivity contribution < 1.29 is 17.6 Å². The Morgan fingerprint density at radius 2 is 2.20 bits per heavy atom. The second-order valence-corrected chi connectivity index (χ2v) is 8.47. The lowest BCUT2D eigenvalue weighted by atomic mass is 10.1. The topological polar surface area (TPSA) is 75.9 Å². The molecule has 0 saturated carbocycles. The molecule has 1 aliphatic heterocycles. The molecule has 1 saturated heterocycles. The van der Waals surface area contributed by atoms with E-state index in [-0.39, 0.29) is 5.92 Å². The lowest BCUT2D eigenvalue weighted by Gasteiger charge is -2.20. The van der Waals surface area contributed by atoms with Gasteiger partial charge in [-0.3, -0.25) is 0 Å². The van der Waals surface area contributed by atoms with Gasteiger partial charge in [0.1, 0.15) is 11.5 Å². The van der Waals surface area contributed by atoms with E-state index in [0.29, 0.717) is 31.8 Å². The SMILES string of the molecule is COc1cccc(Cc2cnc([C@H]3CCN(S(=O)(=O)N(C)C)C3)o2)c1. The van der Waals surface area contributed by atoms with Gasteiger partial charge < -0.3 is 9.15 Å². The average molecular weight is 365 g/mol. The summed E-state index contributed by atoms with van der Waals surface area (Å²) in [7, 11) is 1.34. The molecular formula is C17H23N3O4S. The Labute approximate surface area is 148 Å². The zero-order chi connectivity index (χ0) is 18.0. The Bertz CT molecular complexity index is 832. The zero-order valence-corrected chi connectivity index (χ0v) is 15.5. The molecule has 0 radical (unpaired) electrons. The molecule has 0 N–H and O–H groups in total. The number of ether oxygens (including phenoxy) is 1. The maximum absolute atomic E-state index is 12.2. The van der Waals surface area contributed by atoms with Crippen molar-refractivity contribution in [1.82, 2.24) is 13.6 Å². The van der Waals surface area contributed by atoms with Crippen molar-refractivity contribution in [1.29, 1.82) is 0 Å². The highest BCUT2D eigenvalue weighted by Crippen LogP contribution is 2.29. The van der Waals surface area contributed by atoms with Crippen LogP contribution in [0.4, 0.5) is 0 Å². The fourth-order valence-electron chi connectivity index (χ4n) is 2.95. The van der Waals surface area contributed by atoms with Crippen molar-refractivity contribution in [2.45, 2.75) is 18.8 Å². The molecule has 0 aliphatic carbocycles. The van der Waals surface area contributed by atoms with Crippen LogP contribution in [-0.4, -0.2) is 56.3 Å². The molecule has 1 atom stereocenters. The normalized spacial score (nSPS) is 18.8. The van der Waals surface area contributed by atoms with Crippen LogP contribution in [0, 0.1) is 0 Å². The molecule has 0 spiro atoms. The van der Waals surface area contributed by atoms with Gasteiger partial charge in [0, 0.05) is 33.6 Å². The number of rotatable bonds is 6. The molecule has 2 heterocycles. The summed E-state index contributed by atoms with van der Waals surface area (Å²) in [5.41, 5.74) is 1.07. The van der Waals surface area contributed by atoms with Gasteiger partial charge in [-0.05, 0) is 24.1 Å². The van der Waals surface area contributed by atoms with Crippen LogP contribution in [0.2, 0.25) is 0 Å². The van der Waals surface area contributed by atoms with Gasteiger partial charge >= 0.3 is 0 Å². The fraction of sp³-hybridized carbons (Fsp3) is 0.471. The summed E-state index contributed by atoms with van der Waals surface area (Å²) in [6, 6.07) is 7.80. The maximum atomic E-state index is 12.2. The largest absolute Gasteiger partial charge is 0.497 e. The second-order valence-electron chi connectivity index (χ2n) is 6.33. The van der Waals surface area contributed by atoms with Crippen LogP contribution >= 0.6 is 0 Å². The van der Waals surface area contributed by atoms with Crippen molar-refractivity contribution in [3.63, 3.8) is 0 Å². The van der Waals surface area contributed by atoms with Gasteiger partial charge in [0.25, 0.3) is 10.2 Å². The predicted molar refractivity (Wildman–Crippen MR) is 93.8 cm³/mol. The summed E-state index contributed by atoms with van der Waals surface area (Å²) in [5, 5.41) is 0. The van der Waals surface area contributed by atoms with E-state index in [4.69, 9.17) is 9.15 Å². The highest BCUT2D eigenvalue weighted by atomic mass is 32.2. The molecular weight excluding hydrogens is 342 g/mol. The Morgan fingerprint density at radius 3 is 2.92 bits per heavy atom. The number of oxazole rings is 1. The molecule has 136 valence electrons. The van der Waals surface area contributed by atoms with E-state index in [9.17, 15) is 8.42 Å². The minimum Gasteiger partial charge on any atom is -0.497 e. The van der Waals surface area contributed by atoms with Crippen LogP contribution in [0.1, 0.15) is 29.6 Å². The van der Waals surface area contributed by atoms with E-state index in [1.807, 2.05) is 24.3 Å². The second kappa shape index (κ2) is 7.15. The average Bonchev–Trinajstić information content (AvgIpc) is 3.24. The number of hydrogen-bond acceptors (Lipinski definition) is 5. The predicted octanol–water partition coefficient (Wildman–Crippen LogP) is 1.87. The summed E-state index contributed by atoms with van der Waals surface area (Å²) < 4.78 is 38.2. The van der Waals surface area contributed by atoms with Gasteiger partial charge in [0.05, 0.1) is 19.2 Å². The standard InChI is InChI=1S/C17H23N3O4S/c1-19(2)25(21,22)20-8-7-14(12-20)17-18-11-16(24-17)10-13-5-4-6-15(9-13)23-3/h4-6,9,11,14H,7-8,10,12H2,1-3H3/t14-/m0/s1. The molecule has 1 aromatic carbocycles. The van der Waals surface area contributed by atoms with Crippen molar-refractivity contribution in [2.24, 2.45) is 0 Å². The first kappa shape index (κ1) is 17.9. The molecule has 3 rings (SSSR count). The molecule has 0 unspecified atom stereocenters. The molecule has 1 fully saturated rings. The van der Waals surface area contributed by atoms with E-state index in [0.717, 1.165) is 17.1 Å². The minimum absolute atomic E-state index is 0.00576. The number of nitrogens with zero attached hydrogens (tertiary/aromatic N) is 3. The Hall–Kier alpha value is -1.90. The number of benzene rings is 1. The van der Waals surface area contributed by atoms with Crippen LogP contribution in [0.15, 0.2) is 34.9 Å². The summed E-state index contributed by atoms with van der Waals surface area (Å²) in [4.78, 5) is 4.37. The van der Waals surface area contributed by atoms with Crippen LogP contribution in [0.3, 0.4) is 0 Å². The third-order valence-corrected chi connectivity index (χ3v) is 6.28. The summed E-state index contributed by atoms with van der Waals surface area (Å²) >= 11 is 0. The van der Waals surface area contributed by atoms with Gasteiger partial charge in [-0.2, -0.15) is 17.0 Å². The minimum atomic E-state index is -3.38. The molecule has 2 aromatic rings. The summed E-state index contributed by atoms with van der Waals surface area (Å²) in [5.74, 6) is 2.16. The fourth-order valence-corrected chi connectivity index (χ4v) is 4.11. The van der Waals surface area contributed by atoms with Crippen LogP contribution in [0.5, 0.6) is 5.75 Å². The van der Waals surface area contributed by atoms with Crippen LogP contribution in [-0.2, 0) is 16.6 Å². The quantitative estimate of drug-likeness (QED) is 0.781. The van der Waals surface area contributed by atoms with Crippen molar-refractivity contribution in [3.05, 3.63) is 47.7 Å². The Balaban J connectivity index is 1.68. The highest BCUT2D eigenvalue weighted by Gasteiger charge is 2.35. The van der Waals surface area contributed by atoms with E-state index >= 15 is 0 Å². The Morgan fingerprint density at radius 1 is 1.40 bits per heavy atom. The maximum Gasteiger partial charge on any atom is 0.281 e. The van der Waals surface area contributed by atoms with E-state index < -0.39 is 10.2 Å². The summed E-state index contributed by atoms with van der Waals surface area (Å²) in [6.07, 6.45) is 3.06. The van der Waals surface area contributed by atoms with Crippen LogP contribution < -0.4 is 4.74 Å². The number of aromatic nitrogens is 1. The number of hydrogen-bond donors (Lipinski definition) is 0. The zero-order valence-electron chi connectivity index (χ0n) is 14.7. The Kier molecular flexibility index (Phi) is 5.12. The van der Waals surface area contributed by atoms with Gasteiger partial charge in [0.15, 0.2) is 5.89 Å². The third kappa shape index (κ3) is 3.86. The first-order valence-corrected chi connectivity index (χ1v) is 9.55. The molecule has 1 aliphatic rings. The molecule has 25 heavy (non-hydrogen) atoms. The smallest absolute Gasteiger partial charge is 0.281 e. The highest BCUT2D eigenvalue weighted by molar-refractivity contribution is 7.86. The first-order chi connectivity index (χ1) is 11.9. The lowest BCUT2D eigenvalue weighted by Crippen LogP contribution is -2.38. The van der Waals surface area contributed by atoms with Gasteiger partial charge in [-0.1, -0.05) is 12.1 Å². The van der Waals surface area contributed by atoms with Crippen molar-refractivity contribution in [2.75, 3.05) is 34.3 Å². The lowest BCUT2D eigenvalue weighted by molar-refractivity contribution is 0.400. The molecule has 0 amide bonds. The van der Waals surface area contributed by atoms with E-state index in [1.54, 1.807) is 27.4 Å². The molecule has 7 nitrogen and oxygen atoms in total. The van der Waals surface area contributed by atoms with Crippen molar-refractivity contribution >= 4 is 10.2 Å². The molecule has 1 aromatic heterocycles. The van der Waals surface area contributed by atoms with Gasteiger partial charge in [-0.15, -0.1) is 0 Å².